The van der Waals surface area contributed by atoms with E-state index in [1.54, 1.807) is 0 Å². The van der Waals surface area contributed by atoms with Crippen LogP contribution in [-0.2, 0) is 9.31 Å². The largest absolute Gasteiger partial charge is 0.489 e. The van der Waals surface area contributed by atoms with Gasteiger partial charge < -0.3 is 9.31 Å². The van der Waals surface area contributed by atoms with Crippen molar-refractivity contribution in [1.29, 1.82) is 0 Å². The van der Waals surface area contributed by atoms with Crippen LogP contribution in [0.3, 0.4) is 0 Å². The van der Waals surface area contributed by atoms with E-state index in [1.165, 1.54) is 42.8 Å². The summed E-state index contributed by atoms with van der Waals surface area (Å²) in [4.78, 5) is 0. The van der Waals surface area contributed by atoms with Crippen LogP contribution in [0.2, 0.25) is 19.1 Å². The van der Waals surface area contributed by atoms with Crippen LogP contribution in [0.5, 0.6) is 0 Å². The predicted molar refractivity (Wildman–Crippen MR) is 119 cm³/mol. The fraction of sp³-hybridized carbons (Fsp3) is 0.652. The average Bonchev–Trinajstić information content (AvgIpc) is 2.84. The minimum atomic E-state index is -1.62. The molecule has 1 saturated heterocycles. The van der Waals surface area contributed by atoms with Gasteiger partial charge in [-0.1, -0.05) is 74.0 Å². The zero-order valence-corrected chi connectivity index (χ0v) is 19.2. The summed E-state index contributed by atoms with van der Waals surface area (Å²) in [5.74, 6) is 0.688. The molecule has 1 aromatic rings. The minimum Gasteiger partial charge on any atom is -0.400 e. The van der Waals surface area contributed by atoms with E-state index < -0.39 is 8.07 Å². The minimum absolute atomic E-state index is 0.201. The molecular weight excluding hydrogens is 347 g/mol. The summed E-state index contributed by atoms with van der Waals surface area (Å²) in [6, 6.07) is 12.2. The summed E-state index contributed by atoms with van der Waals surface area (Å²) in [7, 11) is -1.82. The van der Waals surface area contributed by atoms with E-state index in [0.29, 0.717) is 5.92 Å². The Morgan fingerprint density at radius 3 is 2.11 bits per heavy atom. The standard InChI is InChI=1S/C23H37BO2Si/c1-22(2)23(3,4)26-24(25-22)20(17-19-13-9-7-10-14-19)18-27(5,6)21-15-11-8-12-16-21/h8,11-12,15-17,19H,7,9-10,13-14,18H2,1-6H3. The number of hydrogen-bond donors (Lipinski definition) is 0. The van der Waals surface area contributed by atoms with Crippen LogP contribution in [0.1, 0.15) is 59.8 Å². The van der Waals surface area contributed by atoms with Gasteiger partial charge in [-0.05, 0) is 58.0 Å². The first-order valence-corrected chi connectivity index (χ1v) is 13.9. The van der Waals surface area contributed by atoms with Crippen LogP contribution in [0.4, 0.5) is 0 Å². The molecule has 148 valence electrons. The maximum Gasteiger partial charge on any atom is 0.489 e. The first kappa shape index (κ1) is 20.9. The normalized spacial score (nSPS) is 23.6. The highest BCUT2D eigenvalue weighted by atomic mass is 28.3. The Hall–Kier alpha value is -0.838. The van der Waals surface area contributed by atoms with Gasteiger partial charge in [-0.3, -0.25) is 0 Å². The van der Waals surface area contributed by atoms with Gasteiger partial charge in [0.15, 0.2) is 0 Å². The maximum absolute atomic E-state index is 6.48. The Morgan fingerprint density at radius 2 is 1.56 bits per heavy atom. The molecule has 2 nitrogen and oxygen atoms in total. The molecule has 0 aromatic heterocycles. The second kappa shape index (κ2) is 7.89. The van der Waals surface area contributed by atoms with E-state index in [0.717, 1.165) is 6.04 Å². The molecule has 1 saturated carbocycles. The summed E-state index contributed by atoms with van der Waals surface area (Å²) in [6.45, 7) is 13.6. The third-order valence-electron chi connectivity index (χ3n) is 6.86. The number of rotatable bonds is 5. The zero-order valence-electron chi connectivity index (χ0n) is 18.2. The molecule has 3 rings (SSSR count). The van der Waals surface area contributed by atoms with Gasteiger partial charge in [-0.25, -0.2) is 0 Å². The fourth-order valence-electron chi connectivity index (χ4n) is 4.32. The van der Waals surface area contributed by atoms with Crippen LogP contribution in [-0.4, -0.2) is 26.4 Å². The van der Waals surface area contributed by atoms with Crippen LogP contribution < -0.4 is 5.19 Å². The second-order valence-electron chi connectivity index (χ2n) is 10.2. The lowest BCUT2D eigenvalue weighted by Gasteiger charge is -2.32. The van der Waals surface area contributed by atoms with Crippen molar-refractivity contribution in [2.45, 2.75) is 90.1 Å². The van der Waals surface area contributed by atoms with Gasteiger partial charge in [0, 0.05) is 0 Å². The van der Waals surface area contributed by atoms with E-state index in [9.17, 15) is 0 Å². The molecular formula is C23H37BO2Si. The molecule has 27 heavy (non-hydrogen) atoms. The van der Waals surface area contributed by atoms with Crippen LogP contribution >= 0.6 is 0 Å². The zero-order chi connectivity index (χ0) is 19.7. The maximum atomic E-state index is 6.48. The molecule has 1 heterocycles. The molecule has 1 aromatic carbocycles. The van der Waals surface area contributed by atoms with Crippen LogP contribution in [0.15, 0.2) is 41.9 Å². The van der Waals surface area contributed by atoms with Crippen molar-refractivity contribution in [3.8, 4) is 0 Å². The van der Waals surface area contributed by atoms with Gasteiger partial charge in [0.1, 0.15) is 0 Å². The summed E-state index contributed by atoms with van der Waals surface area (Å²) in [6.07, 6.45) is 9.28. The third kappa shape index (κ3) is 4.78. The molecule has 0 unspecified atom stereocenters. The Balaban J connectivity index is 1.88. The average molecular weight is 384 g/mol. The fourth-order valence-corrected chi connectivity index (χ4v) is 6.92. The number of hydrogen-bond acceptors (Lipinski definition) is 2. The van der Waals surface area contributed by atoms with Crippen molar-refractivity contribution >= 4 is 20.4 Å². The molecule has 0 amide bonds. The summed E-state index contributed by atoms with van der Waals surface area (Å²) < 4.78 is 13.0. The van der Waals surface area contributed by atoms with Gasteiger partial charge in [-0.2, -0.15) is 0 Å². The lowest BCUT2D eigenvalue weighted by atomic mass is 9.75. The molecule has 0 spiro atoms. The third-order valence-corrected chi connectivity index (χ3v) is 10.0. The molecule has 0 bridgehead atoms. The summed E-state index contributed by atoms with van der Waals surface area (Å²) in [5, 5.41) is 1.51. The number of allylic oxidation sites excluding steroid dienone is 2. The Labute approximate surface area is 167 Å². The molecule has 0 N–H and O–H groups in total. The van der Waals surface area contributed by atoms with Gasteiger partial charge in [0.05, 0.1) is 19.3 Å². The Kier molecular flexibility index (Phi) is 6.10. The monoisotopic (exact) mass is 384 g/mol. The van der Waals surface area contributed by atoms with Crippen LogP contribution in [0, 0.1) is 5.92 Å². The van der Waals surface area contributed by atoms with E-state index in [1.807, 2.05) is 0 Å². The molecule has 1 aliphatic heterocycles. The lowest BCUT2D eigenvalue weighted by molar-refractivity contribution is 0.00578. The highest BCUT2D eigenvalue weighted by Crippen LogP contribution is 2.40. The van der Waals surface area contributed by atoms with Gasteiger partial charge in [0.25, 0.3) is 0 Å². The SMILES string of the molecule is CC1(C)OB(C(=CC2CCCCC2)C[Si](C)(C)c2ccccc2)OC1(C)C. The second-order valence-corrected chi connectivity index (χ2v) is 14.9. The van der Waals surface area contributed by atoms with Crippen molar-refractivity contribution < 1.29 is 9.31 Å². The smallest absolute Gasteiger partial charge is 0.400 e. The first-order chi connectivity index (χ1) is 12.6. The topological polar surface area (TPSA) is 18.5 Å². The predicted octanol–water partition coefficient (Wildman–Crippen LogP) is 5.74. The van der Waals surface area contributed by atoms with E-state index >= 15 is 0 Å². The quantitative estimate of drug-likeness (QED) is 0.603. The molecule has 4 heteroatoms. The lowest BCUT2D eigenvalue weighted by Crippen LogP contribution is -2.43. The van der Waals surface area contributed by atoms with E-state index in [4.69, 9.17) is 9.31 Å². The van der Waals surface area contributed by atoms with Crippen LogP contribution in [0.25, 0.3) is 0 Å². The van der Waals surface area contributed by atoms with Crippen molar-refractivity contribution in [1.82, 2.24) is 0 Å². The van der Waals surface area contributed by atoms with Gasteiger partial charge in [-0.15, -0.1) is 0 Å². The van der Waals surface area contributed by atoms with E-state index in [2.05, 4.69) is 77.2 Å². The highest BCUT2D eigenvalue weighted by Gasteiger charge is 2.52. The molecule has 0 radical (unpaired) electrons. The summed E-state index contributed by atoms with van der Waals surface area (Å²) in [5.41, 5.74) is 0.838. The van der Waals surface area contributed by atoms with Crippen molar-refractivity contribution in [3.63, 3.8) is 0 Å². The molecule has 2 aliphatic rings. The van der Waals surface area contributed by atoms with Crippen molar-refractivity contribution in [3.05, 3.63) is 41.9 Å². The Bertz CT molecular complexity index is 644. The first-order valence-electron chi connectivity index (χ1n) is 10.7. The Morgan fingerprint density at radius 1 is 1.00 bits per heavy atom. The van der Waals surface area contributed by atoms with Crippen molar-refractivity contribution in [2.75, 3.05) is 0 Å². The molecule has 2 fully saturated rings. The van der Waals surface area contributed by atoms with Gasteiger partial charge in [0.2, 0.25) is 0 Å². The summed E-state index contributed by atoms with van der Waals surface area (Å²) >= 11 is 0. The molecule has 1 aliphatic carbocycles. The number of benzene rings is 1. The highest BCUT2D eigenvalue weighted by molar-refractivity contribution is 6.91. The van der Waals surface area contributed by atoms with Gasteiger partial charge >= 0.3 is 7.12 Å². The van der Waals surface area contributed by atoms with E-state index in [-0.39, 0.29) is 18.3 Å². The molecule has 0 atom stereocenters. The van der Waals surface area contributed by atoms with Crippen molar-refractivity contribution in [2.24, 2.45) is 5.92 Å².